The fourth-order valence-corrected chi connectivity index (χ4v) is 7.34. The Morgan fingerprint density at radius 3 is 2.03 bits per heavy atom. The molecule has 1 aromatic heterocycles. The standard InChI is InChI=1S/C46H64N6O13/c1-31(53)47-19-22-63-24-26-64-25-23-62-21-17-41(54)49-30-32-11-15-35(16-12-32)42(55)50-39(28-33-13-14-34-7-2-3-8-36(34)27-33)43(56)48-18-5-4-10-38(44(57)58)51-46(61)52-40(45(59)60)29-37-9-6-20-65-37/h2-3,6-9,13-14,20,27,32,35,38-40H,4-5,10-12,15-19,21-26,28-30H2,1H3,(H,47,53)(H,48,56)(H,49,54)(H,50,55)(H,57,58)(H,59,60)(H2,51,52,61)/t32?,35?,38-,39-,40-/m0/s1. The third kappa shape index (κ3) is 20.1. The van der Waals surface area contributed by atoms with Crippen LogP contribution in [-0.4, -0.2) is 129 Å². The second kappa shape index (κ2) is 28.7. The second-order valence-corrected chi connectivity index (χ2v) is 16.0. The molecule has 0 bridgehead atoms. The van der Waals surface area contributed by atoms with E-state index in [1.54, 1.807) is 12.1 Å². The summed E-state index contributed by atoms with van der Waals surface area (Å²) in [5.74, 6) is -3.17. The molecule has 4 rings (SSSR count). The van der Waals surface area contributed by atoms with Crippen molar-refractivity contribution in [2.75, 3.05) is 59.3 Å². The van der Waals surface area contributed by atoms with Gasteiger partial charge in [0.25, 0.3) is 0 Å². The molecule has 0 unspecified atom stereocenters. The van der Waals surface area contributed by atoms with Gasteiger partial charge >= 0.3 is 18.0 Å². The Bertz CT molecular complexity index is 1970. The summed E-state index contributed by atoms with van der Waals surface area (Å²) in [6.45, 7) is 4.78. The molecule has 0 spiro atoms. The van der Waals surface area contributed by atoms with Gasteiger partial charge in [-0.3, -0.25) is 19.2 Å². The van der Waals surface area contributed by atoms with Crippen molar-refractivity contribution in [3.05, 3.63) is 72.2 Å². The van der Waals surface area contributed by atoms with Crippen LogP contribution in [0.3, 0.4) is 0 Å². The van der Waals surface area contributed by atoms with Crippen LogP contribution in [0.2, 0.25) is 0 Å². The Morgan fingerprint density at radius 2 is 1.35 bits per heavy atom. The number of nitrogens with one attached hydrogen (secondary N) is 6. The number of carboxylic acids is 2. The first-order valence-electron chi connectivity index (χ1n) is 22.2. The number of rotatable bonds is 30. The van der Waals surface area contributed by atoms with Gasteiger partial charge in [0.1, 0.15) is 23.9 Å². The van der Waals surface area contributed by atoms with Gasteiger partial charge in [-0.05, 0) is 79.3 Å². The molecule has 0 saturated heterocycles. The van der Waals surface area contributed by atoms with Crippen molar-refractivity contribution in [2.45, 2.75) is 89.3 Å². The van der Waals surface area contributed by atoms with Gasteiger partial charge in [-0.15, -0.1) is 0 Å². The average Bonchev–Trinajstić information content (AvgIpc) is 3.80. The molecule has 0 radical (unpaired) electrons. The summed E-state index contributed by atoms with van der Waals surface area (Å²) in [5, 5.41) is 37.4. The predicted octanol–water partition coefficient (Wildman–Crippen LogP) is 2.69. The number of benzene rings is 2. The monoisotopic (exact) mass is 908 g/mol. The Labute approximate surface area is 378 Å². The molecule has 1 aliphatic carbocycles. The molecule has 19 nitrogen and oxygen atoms in total. The lowest BCUT2D eigenvalue weighted by atomic mass is 9.81. The lowest BCUT2D eigenvalue weighted by Crippen LogP contribution is -2.51. The van der Waals surface area contributed by atoms with Crippen LogP contribution in [-0.2, 0) is 55.8 Å². The van der Waals surface area contributed by atoms with Gasteiger partial charge < -0.3 is 60.7 Å². The number of hydrogen-bond donors (Lipinski definition) is 8. The number of amides is 6. The van der Waals surface area contributed by atoms with Crippen molar-refractivity contribution in [3.8, 4) is 0 Å². The van der Waals surface area contributed by atoms with E-state index in [1.807, 2.05) is 42.5 Å². The van der Waals surface area contributed by atoms with Crippen molar-refractivity contribution >= 4 is 52.4 Å². The van der Waals surface area contributed by atoms with Crippen molar-refractivity contribution in [1.82, 2.24) is 31.9 Å². The quantitative estimate of drug-likeness (QED) is 0.0448. The highest BCUT2D eigenvalue weighted by Crippen LogP contribution is 2.29. The van der Waals surface area contributed by atoms with Gasteiger partial charge in [-0.25, -0.2) is 14.4 Å². The molecular formula is C46H64N6O13. The van der Waals surface area contributed by atoms with Crippen LogP contribution < -0.4 is 31.9 Å². The van der Waals surface area contributed by atoms with E-state index in [0.29, 0.717) is 77.6 Å². The molecule has 0 aliphatic heterocycles. The number of carboxylic acid groups (broad SMARTS) is 2. The fourth-order valence-electron chi connectivity index (χ4n) is 7.34. The molecule has 2 aromatic carbocycles. The zero-order chi connectivity index (χ0) is 46.8. The van der Waals surface area contributed by atoms with Crippen LogP contribution in [0, 0.1) is 11.8 Å². The van der Waals surface area contributed by atoms with Crippen molar-refractivity contribution in [3.63, 3.8) is 0 Å². The molecule has 65 heavy (non-hydrogen) atoms. The summed E-state index contributed by atoms with van der Waals surface area (Å²) >= 11 is 0. The molecule has 19 heteroatoms. The number of ether oxygens (including phenoxy) is 3. The predicted molar refractivity (Wildman–Crippen MR) is 238 cm³/mol. The number of carbonyl (C=O) groups is 7. The van der Waals surface area contributed by atoms with Crippen molar-refractivity contribution < 1.29 is 62.4 Å². The number of hydrogen-bond acceptors (Lipinski definition) is 11. The Hall–Kier alpha value is -6.05. The average molecular weight is 909 g/mol. The SMILES string of the molecule is CC(=O)NCCOCCOCCOCCC(=O)NCC1CCC(C(=O)N[C@@H](Cc2ccc3ccccc3c2)C(=O)NCCCC[C@H](NC(=O)N[C@@H](Cc2ccco2)C(=O)O)C(=O)O)CC1. The van der Waals surface area contributed by atoms with Crippen LogP contribution in [0.25, 0.3) is 10.8 Å². The van der Waals surface area contributed by atoms with Gasteiger partial charge in [-0.2, -0.15) is 0 Å². The van der Waals surface area contributed by atoms with Crippen LogP contribution in [0.4, 0.5) is 4.79 Å². The second-order valence-electron chi connectivity index (χ2n) is 16.0. The van der Waals surface area contributed by atoms with Crippen LogP contribution in [0.1, 0.15) is 69.6 Å². The van der Waals surface area contributed by atoms with Crippen LogP contribution >= 0.6 is 0 Å². The number of urea groups is 1. The highest BCUT2D eigenvalue weighted by atomic mass is 16.5. The first-order valence-corrected chi connectivity index (χ1v) is 22.2. The van der Waals surface area contributed by atoms with E-state index >= 15 is 0 Å². The number of unbranched alkanes of at least 4 members (excludes halogenated alkanes) is 1. The first-order chi connectivity index (χ1) is 31.4. The van der Waals surface area contributed by atoms with Gasteiger partial charge in [0.2, 0.25) is 23.6 Å². The Balaban J connectivity index is 1.17. The van der Waals surface area contributed by atoms with E-state index in [-0.39, 0.29) is 74.3 Å². The highest BCUT2D eigenvalue weighted by molar-refractivity contribution is 5.89. The zero-order valence-electron chi connectivity index (χ0n) is 37.0. The maximum absolute atomic E-state index is 13.7. The van der Waals surface area contributed by atoms with Gasteiger partial charge in [0.15, 0.2) is 0 Å². The normalized spacial score (nSPS) is 16.1. The van der Waals surface area contributed by atoms with E-state index in [9.17, 15) is 43.8 Å². The van der Waals surface area contributed by atoms with E-state index < -0.39 is 36.1 Å². The van der Waals surface area contributed by atoms with E-state index in [0.717, 1.165) is 29.2 Å². The van der Waals surface area contributed by atoms with E-state index in [2.05, 4.69) is 31.9 Å². The maximum Gasteiger partial charge on any atom is 0.326 e. The maximum atomic E-state index is 13.7. The molecular weight excluding hydrogens is 845 g/mol. The van der Waals surface area contributed by atoms with Gasteiger partial charge in [0, 0.05) is 51.7 Å². The molecule has 356 valence electrons. The number of aliphatic carboxylic acids is 2. The summed E-state index contributed by atoms with van der Waals surface area (Å²) in [6.07, 6.45) is 5.10. The molecule has 1 aliphatic rings. The summed E-state index contributed by atoms with van der Waals surface area (Å²) in [4.78, 5) is 86.7. The number of fused-ring (bicyclic) bond motifs is 1. The smallest absolute Gasteiger partial charge is 0.326 e. The molecule has 3 atom stereocenters. The largest absolute Gasteiger partial charge is 0.480 e. The van der Waals surface area contributed by atoms with E-state index in [4.69, 9.17) is 18.6 Å². The molecule has 6 amide bonds. The van der Waals surface area contributed by atoms with Crippen molar-refractivity contribution in [1.29, 1.82) is 0 Å². The topological polar surface area (TPSA) is 273 Å². The zero-order valence-corrected chi connectivity index (χ0v) is 37.0. The minimum Gasteiger partial charge on any atom is -0.480 e. The summed E-state index contributed by atoms with van der Waals surface area (Å²) in [5.41, 5.74) is 0.864. The lowest BCUT2D eigenvalue weighted by Gasteiger charge is -2.29. The van der Waals surface area contributed by atoms with Gasteiger partial charge in [0.05, 0.1) is 45.9 Å². The highest BCUT2D eigenvalue weighted by Gasteiger charge is 2.30. The minimum absolute atomic E-state index is 0.0188. The minimum atomic E-state index is -1.34. The summed E-state index contributed by atoms with van der Waals surface area (Å²) in [6, 6.07) is 12.4. The number of carbonyl (C=O) groups excluding carboxylic acids is 5. The molecule has 1 heterocycles. The first kappa shape index (κ1) is 51.6. The Kier molecular flexibility index (Phi) is 22.8. The third-order valence-corrected chi connectivity index (χ3v) is 10.9. The molecule has 8 N–H and O–H groups in total. The molecule has 3 aromatic rings. The van der Waals surface area contributed by atoms with Crippen LogP contribution in [0.5, 0.6) is 0 Å². The van der Waals surface area contributed by atoms with Crippen molar-refractivity contribution in [2.24, 2.45) is 11.8 Å². The molecule has 1 fully saturated rings. The third-order valence-electron chi connectivity index (χ3n) is 10.9. The summed E-state index contributed by atoms with van der Waals surface area (Å²) < 4.78 is 21.4. The summed E-state index contributed by atoms with van der Waals surface area (Å²) in [7, 11) is 0. The fraction of sp³-hybridized carbons (Fsp3) is 0.543. The lowest BCUT2D eigenvalue weighted by molar-refractivity contribution is -0.139. The van der Waals surface area contributed by atoms with Gasteiger partial charge in [-0.1, -0.05) is 42.5 Å². The number of furan rings is 1. The Morgan fingerprint density at radius 1 is 0.677 bits per heavy atom. The van der Waals surface area contributed by atoms with Crippen LogP contribution in [0.15, 0.2) is 65.3 Å². The molecule has 1 saturated carbocycles. The van der Waals surface area contributed by atoms with E-state index in [1.165, 1.54) is 13.2 Å².